The summed E-state index contributed by atoms with van der Waals surface area (Å²) >= 11 is 6.36. The molecule has 27 heavy (non-hydrogen) atoms. The minimum atomic E-state index is -0.121. The third kappa shape index (κ3) is 3.58. The summed E-state index contributed by atoms with van der Waals surface area (Å²) in [6.07, 6.45) is 3.12. The molecule has 140 valence electrons. The van der Waals surface area contributed by atoms with Crippen LogP contribution in [0.15, 0.2) is 32.6 Å². The Kier molecular flexibility index (Phi) is 5.13. The highest BCUT2D eigenvalue weighted by Crippen LogP contribution is 2.35. The summed E-state index contributed by atoms with van der Waals surface area (Å²) in [5.41, 5.74) is 2.99. The lowest BCUT2D eigenvalue weighted by Gasteiger charge is -2.09. The second-order valence-electron chi connectivity index (χ2n) is 6.60. The SMILES string of the molecule is Cc1cc(NC(=O)CSc2nc3sc4c(c3c(=O)n2C)CCC4)ccc1Br. The molecule has 0 spiro atoms. The Morgan fingerprint density at radius 2 is 2.22 bits per heavy atom. The van der Waals surface area contributed by atoms with Crippen molar-refractivity contribution in [3.63, 3.8) is 0 Å². The van der Waals surface area contributed by atoms with E-state index in [-0.39, 0.29) is 17.2 Å². The average Bonchev–Trinajstić information content (AvgIpc) is 3.20. The maximum Gasteiger partial charge on any atom is 0.262 e. The number of aromatic nitrogens is 2. The van der Waals surface area contributed by atoms with Crippen LogP contribution >= 0.6 is 39.0 Å². The zero-order chi connectivity index (χ0) is 19.1. The number of hydrogen-bond donors (Lipinski definition) is 1. The normalized spacial score (nSPS) is 13.1. The molecule has 1 amide bonds. The van der Waals surface area contributed by atoms with Gasteiger partial charge in [0.25, 0.3) is 5.56 Å². The molecule has 5 nitrogen and oxygen atoms in total. The number of rotatable bonds is 4. The molecule has 0 atom stereocenters. The van der Waals surface area contributed by atoms with Crippen LogP contribution in [0.1, 0.15) is 22.4 Å². The number of thiophene rings is 1. The van der Waals surface area contributed by atoms with Crippen molar-refractivity contribution < 1.29 is 4.79 Å². The van der Waals surface area contributed by atoms with E-state index < -0.39 is 0 Å². The predicted octanol–water partition coefficient (Wildman–Crippen LogP) is 4.29. The van der Waals surface area contributed by atoms with E-state index in [0.717, 1.165) is 45.2 Å². The summed E-state index contributed by atoms with van der Waals surface area (Å²) in [5.74, 6) is 0.0798. The van der Waals surface area contributed by atoms with Gasteiger partial charge in [-0.1, -0.05) is 27.7 Å². The topological polar surface area (TPSA) is 64.0 Å². The molecule has 0 aliphatic heterocycles. The quantitative estimate of drug-likeness (QED) is 0.463. The van der Waals surface area contributed by atoms with Crippen LogP contribution in [0.25, 0.3) is 10.2 Å². The van der Waals surface area contributed by atoms with Crippen LogP contribution < -0.4 is 10.9 Å². The number of halogens is 1. The highest BCUT2D eigenvalue weighted by Gasteiger charge is 2.22. The third-order valence-corrected chi connectivity index (χ3v) is 7.78. The molecule has 4 rings (SSSR count). The van der Waals surface area contributed by atoms with Crippen molar-refractivity contribution in [2.45, 2.75) is 31.3 Å². The number of aryl methyl sites for hydroxylation is 3. The number of anilines is 1. The lowest BCUT2D eigenvalue weighted by molar-refractivity contribution is -0.113. The number of carbonyl (C=O) groups is 1. The minimum Gasteiger partial charge on any atom is -0.325 e. The Morgan fingerprint density at radius 1 is 1.41 bits per heavy atom. The minimum absolute atomic E-state index is 0.00848. The van der Waals surface area contributed by atoms with Crippen molar-refractivity contribution >= 4 is 60.8 Å². The highest BCUT2D eigenvalue weighted by molar-refractivity contribution is 9.10. The maximum absolute atomic E-state index is 12.8. The number of nitrogens with one attached hydrogen (secondary N) is 1. The first-order valence-electron chi connectivity index (χ1n) is 8.64. The molecule has 0 radical (unpaired) electrons. The smallest absolute Gasteiger partial charge is 0.262 e. The number of carbonyl (C=O) groups excluding carboxylic acids is 1. The molecule has 2 aromatic heterocycles. The number of benzene rings is 1. The predicted molar refractivity (Wildman–Crippen MR) is 115 cm³/mol. The summed E-state index contributed by atoms with van der Waals surface area (Å²) < 4.78 is 2.57. The van der Waals surface area contributed by atoms with Crippen LogP contribution in [-0.2, 0) is 24.7 Å². The molecule has 0 saturated carbocycles. The first-order chi connectivity index (χ1) is 12.9. The van der Waals surface area contributed by atoms with Crippen LogP contribution in [0, 0.1) is 6.92 Å². The summed E-state index contributed by atoms with van der Waals surface area (Å²) in [7, 11) is 1.73. The molecule has 0 fully saturated rings. The van der Waals surface area contributed by atoms with Crippen molar-refractivity contribution in [2.24, 2.45) is 7.05 Å². The summed E-state index contributed by atoms with van der Waals surface area (Å²) in [6, 6.07) is 5.68. The molecule has 8 heteroatoms. The molecule has 2 heterocycles. The van der Waals surface area contributed by atoms with Gasteiger partial charge in [0.1, 0.15) is 4.83 Å². The number of thioether (sulfide) groups is 1. The van der Waals surface area contributed by atoms with Crippen molar-refractivity contribution in [1.29, 1.82) is 0 Å². The monoisotopic (exact) mass is 463 g/mol. The molecule has 1 aliphatic carbocycles. The third-order valence-electron chi connectivity index (χ3n) is 4.68. The van der Waals surface area contributed by atoms with Gasteiger partial charge in [-0.15, -0.1) is 11.3 Å². The van der Waals surface area contributed by atoms with Gasteiger partial charge in [-0.2, -0.15) is 0 Å². The summed E-state index contributed by atoms with van der Waals surface area (Å²) in [5, 5.41) is 4.24. The molecule has 0 saturated heterocycles. The van der Waals surface area contributed by atoms with Gasteiger partial charge in [-0.05, 0) is 55.5 Å². The van der Waals surface area contributed by atoms with E-state index in [9.17, 15) is 9.59 Å². The maximum atomic E-state index is 12.8. The summed E-state index contributed by atoms with van der Waals surface area (Å²) in [6.45, 7) is 1.97. The zero-order valence-corrected chi connectivity index (χ0v) is 18.2. The van der Waals surface area contributed by atoms with E-state index in [1.807, 2.05) is 25.1 Å². The number of hydrogen-bond acceptors (Lipinski definition) is 5. The van der Waals surface area contributed by atoms with Gasteiger partial charge in [-0.3, -0.25) is 14.2 Å². The average molecular weight is 464 g/mol. The standard InChI is InChI=1S/C19H18BrN3O2S2/c1-10-8-11(6-7-13(10)20)21-15(24)9-26-19-22-17-16(18(25)23(19)2)12-4-3-5-14(12)27-17/h6-8H,3-5,9H2,1-2H3,(H,21,24). The van der Waals surface area contributed by atoms with Gasteiger partial charge in [0.15, 0.2) is 5.16 Å². The molecule has 0 bridgehead atoms. The lowest BCUT2D eigenvalue weighted by Crippen LogP contribution is -2.21. The van der Waals surface area contributed by atoms with Gasteiger partial charge in [0, 0.05) is 22.1 Å². The van der Waals surface area contributed by atoms with Gasteiger partial charge in [0.05, 0.1) is 11.1 Å². The lowest BCUT2D eigenvalue weighted by atomic mass is 10.2. The van der Waals surface area contributed by atoms with E-state index in [4.69, 9.17) is 0 Å². The van der Waals surface area contributed by atoms with Crippen LogP contribution in [0.3, 0.4) is 0 Å². The fourth-order valence-electron chi connectivity index (χ4n) is 3.28. The second kappa shape index (κ2) is 7.41. The van der Waals surface area contributed by atoms with Crippen molar-refractivity contribution in [2.75, 3.05) is 11.1 Å². The van der Waals surface area contributed by atoms with Gasteiger partial charge in [-0.25, -0.2) is 4.98 Å². The van der Waals surface area contributed by atoms with Crippen LogP contribution in [-0.4, -0.2) is 21.2 Å². The largest absolute Gasteiger partial charge is 0.325 e. The first kappa shape index (κ1) is 18.7. The van der Waals surface area contributed by atoms with Gasteiger partial charge >= 0.3 is 0 Å². The second-order valence-corrected chi connectivity index (χ2v) is 9.48. The fourth-order valence-corrected chi connectivity index (χ4v) is 5.61. The van der Waals surface area contributed by atoms with E-state index in [1.54, 1.807) is 23.0 Å². The van der Waals surface area contributed by atoms with Crippen molar-refractivity contribution in [3.05, 3.63) is 49.0 Å². The summed E-state index contributed by atoms with van der Waals surface area (Å²) in [4.78, 5) is 31.8. The van der Waals surface area contributed by atoms with Crippen molar-refractivity contribution in [3.8, 4) is 0 Å². The number of nitrogens with zero attached hydrogens (tertiary/aromatic N) is 2. The molecule has 3 aromatic rings. The Bertz CT molecular complexity index is 1120. The van der Waals surface area contributed by atoms with E-state index in [2.05, 4.69) is 26.2 Å². The zero-order valence-electron chi connectivity index (χ0n) is 15.0. The van der Waals surface area contributed by atoms with Gasteiger partial charge < -0.3 is 5.32 Å². The molecule has 1 N–H and O–H groups in total. The Balaban J connectivity index is 1.52. The van der Waals surface area contributed by atoms with Gasteiger partial charge in [0.2, 0.25) is 5.91 Å². The Labute approximate surface area is 173 Å². The Hall–Kier alpha value is -1.64. The first-order valence-corrected chi connectivity index (χ1v) is 11.2. The number of fused-ring (bicyclic) bond motifs is 3. The van der Waals surface area contributed by atoms with E-state index >= 15 is 0 Å². The number of amides is 1. The molecule has 1 aliphatic rings. The molecule has 1 aromatic carbocycles. The highest BCUT2D eigenvalue weighted by atomic mass is 79.9. The molecule has 0 unspecified atom stereocenters. The van der Waals surface area contributed by atoms with Crippen LogP contribution in [0.2, 0.25) is 0 Å². The molecular formula is C19H18BrN3O2S2. The Morgan fingerprint density at radius 3 is 3.00 bits per heavy atom. The molecular weight excluding hydrogens is 446 g/mol. The van der Waals surface area contributed by atoms with Crippen LogP contribution in [0.4, 0.5) is 5.69 Å². The van der Waals surface area contributed by atoms with Crippen LogP contribution in [0.5, 0.6) is 0 Å². The fraction of sp³-hybridized carbons (Fsp3) is 0.316. The van der Waals surface area contributed by atoms with Crippen molar-refractivity contribution in [1.82, 2.24) is 9.55 Å². The van der Waals surface area contributed by atoms with E-state index in [1.165, 1.54) is 22.2 Å². The van der Waals surface area contributed by atoms with E-state index in [0.29, 0.717) is 5.16 Å².